The van der Waals surface area contributed by atoms with Gasteiger partial charge in [-0.3, -0.25) is 0 Å². The molecule has 0 fully saturated rings. The van der Waals surface area contributed by atoms with Gasteiger partial charge in [-0.15, -0.1) is 0 Å². The zero-order valence-electron chi connectivity index (χ0n) is 14.8. The summed E-state index contributed by atoms with van der Waals surface area (Å²) in [5.74, 6) is 0. The molecule has 3 aromatic rings. The summed E-state index contributed by atoms with van der Waals surface area (Å²) in [5, 5.41) is 12.0. The van der Waals surface area contributed by atoms with Crippen LogP contribution in [0.5, 0.6) is 0 Å². The molecule has 0 aliphatic carbocycles. The molecular weight excluding hydrogens is 406 g/mol. The smallest absolute Gasteiger partial charge is 0.244 e. The van der Waals surface area contributed by atoms with Gasteiger partial charge in [0.25, 0.3) is 0 Å². The molecule has 0 aliphatic heterocycles. The molecule has 7 nitrogen and oxygen atoms in total. The molecule has 0 bridgehead atoms. The van der Waals surface area contributed by atoms with E-state index in [1.54, 1.807) is 0 Å². The SMILES string of the molecule is [Br-].[N-]=[N+]=NCCC[n+]1ccn(Cc2ccc(N=Nc3ccccc3)cc2)c1. The van der Waals surface area contributed by atoms with Crippen molar-refractivity contribution in [1.82, 2.24) is 4.57 Å². The van der Waals surface area contributed by atoms with Crippen LogP contribution in [0.25, 0.3) is 10.4 Å². The second-order valence-electron chi connectivity index (χ2n) is 5.83. The number of aryl methyl sites for hydroxylation is 1. The molecule has 1 aromatic heterocycles. The van der Waals surface area contributed by atoms with Crippen LogP contribution in [0.15, 0.2) is 88.7 Å². The Labute approximate surface area is 168 Å². The van der Waals surface area contributed by atoms with Crippen molar-refractivity contribution in [1.29, 1.82) is 0 Å². The molecule has 27 heavy (non-hydrogen) atoms. The second-order valence-corrected chi connectivity index (χ2v) is 5.83. The number of rotatable bonds is 8. The normalized spacial score (nSPS) is 10.4. The first kappa shape index (κ1) is 20.4. The van der Waals surface area contributed by atoms with Crippen molar-refractivity contribution in [3.63, 3.8) is 0 Å². The number of hydrogen-bond acceptors (Lipinski definition) is 3. The minimum Gasteiger partial charge on any atom is -1.00 e. The zero-order valence-corrected chi connectivity index (χ0v) is 16.4. The Hall–Kier alpha value is -2.96. The van der Waals surface area contributed by atoms with Crippen molar-refractivity contribution in [2.75, 3.05) is 6.54 Å². The minimum absolute atomic E-state index is 0. The minimum atomic E-state index is 0. The number of azide groups is 1. The van der Waals surface area contributed by atoms with Gasteiger partial charge in [0.15, 0.2) is 0 Å². The van der Waals surface area contributed by atoms with E-state index in [0.29, 0.717) is 6.54 Å². The van der Waals surface area contributed by atoms with Gasteiger partial charge in [0, 0.05) is 11.5 Å². The molecule has 0 spiro atoms. The zero-order chi connectivity index (χ0) is 18.0. The first-order chi connectivity index (χ1) is 12.8. The third-order valence-corrected chi connectivity index (χ3v) is 3.82. The van der Waals surface area contributed by atoms with Gasteiger partial charge in [-0.25, -0.2) is 9.13 Å². The average Bonchev–Trinajstić information content (AvgIpc) is 3.13. The van der Waals surface area contributed by atoms with E-state index >= 15 is 0 Å². The fourth-order valence-electron chi connectivity index (χ4n) is 2.52. The van der Waals surface area contributed by atoms with Crippen LogP contribution in [0.3, 0.4) is 0 Å². The quantitative estimate of drug-likeness (QED) is 0.174. The predicted octanol–water partition coefficient (Wildman–Crippen LogP) is 1.94. The van der Waals surface area contributed by atoms with Gasteiger partial charge < -0.3 is 17.0 Å². The van der Waals surface area contributed by atoms with Crippen LogP contribution in [0.4, 0.5) is 11.4 Å². The molecule has 0 amide bonds. The summed E-state index contributed by atoms with van der Waals surface area (Å²) in [6.07, 6.45) is 6.95. The molecule has 0 aliphatic rings. The highest BCUT2D eigenvalue weighted by Gasteiger charge is 2.04. The third kappa shape index (κ3) is 6.69. The fraction of sp³-hybridized carbons (Fsp3) is 0.211. The summed E-state index contributed by atoms with van der Waals surface area (Å²) in [4.78, 5) is 2.76. The molecule has 0 unspecified atom stereocenters. The maximum Gasteiger partial charge on any atom is 0.244 e. The Kier molecular flexibility index (Phi) is 8.22. The van der Waals surface area contributed by atoms with Crippen molar-refractivity contribution in [3.05, 3.63) is 89.3 Å². The van der Waals surface area contributed by atoms with Crippen LogP contribution in [0.2, 0.25) is 0 Å². The Morgan fingerprint density at radius 1 is 0.963 bits per heavy atom. The van der Waals surface area contributed by atoms with E-state index in [0.717, 1.165) is 30.9 Å². The Bertz CT molecular complexity index is 897. The van der Waals surface area contributed by atoms with Gasteiger partial charge in [-0.2, -0.15) is 10.2 Å². The van der Waals surface area contributed by atoms with Gasteiger partial charge in [0.05, 0.1) is 17.9 Å². The lowest BCUT2D eigenvalue weighted by molar-refractivity contribution is -0.696. The molecule has 138 valence electrons. The molecule has 1 heterocycles. The topological polar surface area (TPSA) is 82.3 Å². The molecule has 0 N–H and O–H groups in total. The van der Waals surface area contributed by atoms with Crippen LogP contribution < -0.4 is 21.5 Å². The predicted molar refractivity (Wildman–Crippen MR) is 99.4 cm³/mol. The van der Waals surface area contributed by atoms with Gasteiger partial charge in [0.2, 0.25) is 6.33 Å². The van der Waals surface area contributed by atoms with Crippen molar-refractivity contribution in [2.24, 2.45) is 15.3 Å². The lowest BCUT2D eigenvalue weighted by atomic mass is 10.2. The van der Waals surface area contributed by atoms with E-state index in [1.807, 2.05) is 54.9 Å². The van der Waals surface area contributed by atoms with Gasteiger partial charge in [0.1, 0.15) is 18.9 Å². The molecular formula is C19H20BrN7. The number of imidazole rings is 1. The van der Waals surface area contributed by atoms with Crippen LogP contribution >= 0.6 is 0 Å². The summed E-state index contributed by atoms with van der Waals surface area (Å²) in [6.45, 7) is 2.15. The Morgan fingerprint density at radius 2 is 1.67 bits per heavy atom. The van der Waals surface area contributed by atoms with E-state index in [1.165, 1.54) is 5.56 Å². The van der Waals surface area contributed by atoms with E-state index < -0.39 is 0 Å². The first-order valence-corrected chi connectivity index (χ1v) is 8.45. The summed E-state index contributed by atoms with van der Waals surface area (Å²) in [6, 6.07) is 17.8. The van der Waals surface area contributed by atoms with Crippen LogP contribution in [-0.4, -0.2) is 11.1 Å². The summed E-state index contributed by atoms with van der Waals surface area (Å²) >= 11 is 0. The van der Waals surface area contributed by atoms with Crippen molar-refractivity contribution in [3.8, 4) is 0 Å². The van der Waals surface area contributed by atoms with Gasteiger partial charge >= 0.3 is 0 Å². The molecule has 0 saturated carbocycles. The summed E-state index contributed by atoms with van der Waals surface area (Å²) < 4.78 is 4.21. The molecule has 8 heteroatoms. The number of hydrogen-bond donors (Lipinski definition) is 0. The third-order valence-electron chi connectivity index (χ3n) is 3.82. The van der Waals surface area contributed by atoms with E-state index in [2.05, 4.69) is 47.8 Å². The highest BCUT2D eigenvalue weighted by molar-refractivity contribution is 5.40. The van der Waals surface area contributed by atoms with Crippen LogP contribution in [-0.2, 0) is 13.1 Å². The molecule has 0 radical (unpaired) electrons. The standard InChI is InChI=1S/C19H20N7.BrH/c20-24-21-11-4-12-25-13-14-26(16-25)15-17-7-9-19(10-8-17)23-22-18-5-2-1-3-6-18;/h1-3,5-10,13-14,16H,4,11-12,15H2;1H/q+1;/p-1. The maximum absolute atomic E-state index is 8.28. The Morgan fingerprint density at radius 3 is 2.37 bits per heavy atom. The number of azo groups is 1. The molecule has 3 rings (SSSR count). The average molecular weight is 426 g/mol. The summed E-state index contributed by atoms with van der Waals surface area (Å²) in [7, 11) is 0. The second kappa shape index (κ2) is 10.9. The van der Waals surface area contributed by atoms with Crippen LogP contribution in [0, 0.1) is 0 Å². The first-order valence-electron chi connectivity index (χ1n) is 8.45. The summed E-state index contributed by atoms with van der Waals surface area (Å²) in [5.41, 5.74) is 11.1. The van der Waals surface area contributed by atoms with Gasteiger partial charge in [-0.05, 0) is 41.8 Å². The highest BCUT2D eigenvalue weighted by atomic mass is 79.9. The van der Waals surface area contributed by atoms with Crippen molar-refractivity contribution < 1.29 is 21.5 Å². The van der Waals surface area contributed by atoms with E-state index in [-0.39, 0.29) is 17.0 Å². The van der Waals surface area contributed by atoms with E-state index in [9.17, 15) is 0 Å². The monoisotopic (exact) mass is 425 g/mol. The number of aromatic nitrogens is 2. The highest BCUT2D eigenvalue weighted by Crippen LogP contribution is 2.18. The Balaban J connectivity index is 0.00000261. The molecule has 0 saturated heterocycles. The van der Waals surface area contributed by atoms with E-state index in [4.69, 9.17) is 5.53 Å². The lowest BCUT2D eigenvalue weighted by Crippen LogP contribution is -3.00. The number of benzene rings is 2. The number of nitrogens with zero attached hydrogens (tertiary/aromatic N) is 7. The van der Waals surface area contributed by atoms with Crippen molar-refractivity contribution in [2.45, 2.75) is 19.5 Å². The van der Waals surface area contributed by atoms with Crippen LogP contribution in [0.1, 0.15) is 12.0 Å². The molecule has 2 aromatic carbocycles. The molecule has 0 atom stereocenters. The van der Waals surface area contributed by atoms with Gasteiger partial charge in [-0.1, -0.05) is 35.4 Å². The largest absolute Gasteiger partial charge is 1.00 e. The lowest BCUT2D eigenvalue weighted by Gasteiger charge is -1.99. The van der Waals surface area contributed by atoms with Crippen molar-refractivity contribution >= 4 is 11.4 Å². The maximum atomic E-state index is 8.28. The number of halogens is 1. The fourth-order valence-corrected chi connectivity index (χ4v) is 2.52.